The number of benzene rings is 1. The Hall–Kier alpha value is -3.45. The van der Waals surface area contributed by atoms with E-state index in [1.165, 1.54) is 0 Å². The highest BCUT2D eigenvalue weighted by Gasteiger charge is 2.10. The van der Waals surface area contributed by atoms with Gasteiger partial charge in [0.15, 0.2) is 0 Å². The van der Waals surface area contributed by atoms with E-state index in [4.69, 9.17) is 15.6 Å². The number of rotatable bonds is 7. The van der Waals surface area contributed by atoms with Crippen LogP contribution in [-0.4, -0.2) is 41.2 Å². The lowest BCUT2D eigenvalue weighted by Gasteiger charge is -2.10. The van der Waals surface area contributed by atoms with Crippen LogP contribution in [0, 0.1) is 0 Å². The SMILES string of the molecule is COc1ccc(-c2cc(-c3ccc(C(=O)NCCCO)cc3)cnc2N)cn1. The normalized spacial score (nSPS) is 10.5. The van der Waals surface area contributed by atoms with Crippen LogP contribution in [0.2, 0.25) is 0 Å². The maximum Gasteiger partial charge on any atom is 0.251 e. The van der Waals surface area contributed by atoms with Gasteiger partial charge >= 0.3 is 0 Å². The predicted molar refractivity (Wildman–Crippen MR) is 108 cm³/mol. The second kappa shape index (κ2) is 8.96. The molecule has 2 aromatic heterocycles. The molecule has 7 nitrogen and oxygen atoms in total. The molecule has 0 saturated heterocycles. The van der Waals surface area contributed by atoms with Gasteiger partial charge in [0.05, 0.1) is 7.11 Å². The van der Waals surface area contributed by atoms with Gasteiger partial charge in [0.1, 0.15) is 5.82 Å². The van der Waals surface area contributed by atoms with Crippen molar-refractivity contribution >= 4 is 11.7 Å². The summed E-state index contributed by atoms with van der Waals surface area (Å²) in [5.41, 5.74) is 10.0. The van der Waals surface area contributed by atoms with Crippen molar-refractivity contribution < 1.29 is 14.6 Å². The molecule has 0 bridgehead atoms. The maximum atomic E-state index is 12.1. The summed E-state index contributed by atoms with van der Waals surface area (Å²) < 4.78 is 5.09. The number of nitrogens with two attached hydrogens (primary N) is 1. The number of hydrogen-bond acceptors (Lipinski definition) is 6. The Morgan fingerprint density at radius 3 is 2.43 bits per heavy atom. The highest BCUT2D eigenvalue weighted by molar-refractivity contribution is 5.94. The van der Waals surface area contributed by atoms with Crippen LogP contribution in [0.3, 0.4) is 0 Å². The number of methoxy groups -OCH3 is 1. The third-order valence-electron chi connectivity index (χ3n) is 4.28. The Bertz CT molecular complexity index is 941. The van der Waals surface area contributed by atoms with Crippen molar-refractivity contribution in [2.45, 2.75) is 6.42 Å². The molecule has 3 aromatic rings. The van der Waals surface area contributed by atoms with E-state index >= 15 is 0 Å². The number of nitrogens with zero attached hydrogens (tertiary/aromatic N) is 2. The van der Waals surface area contributed by atoms with E-state index in [1.807, 2.05) is 24.3 Å². The second-order valence-corrected chi connectivity index (χ2v) is 6.16. The molecule has 1 aromatic carbocycles. The van der Waals surface area contributed by atoms with Gasteiger partial charge in [-0.05, 0) is 36.2 Å². The van der Waals surface area contributed by atoms with Crippen LogP contribution in [0.5, 0.6) is 5.88 Å². The lowest BCUT2D eigenvalue weighted by atomic mass is 10.0. The molecule has 0 spiro atoms. The number of carbonyl (C=O) groups excluding carboxylic acids is 1. The van der Waals surface area contributed by atoms with Gasteiger partial charge < -0.3 is 20.9 Å². The fraction of sp³-hybridized carbons (Fsp3) is 0.190. The zero-order valence-corrected chi connectivity index (χ0v) is 15.6. The first-order valence-corrected chi connectivity index (χ1v) is 8.88. The van der Waals surface area contributed by atoms with Crippen molar-refractivity contribution in [2.75, 3.05) is 26.0 Å². The van der Waals surface area contributed by atoms with E-state index in [1.54, 1.807) is 37.7 Å². The number of amides is 1. The van der Waals surface area contributed by atoms with Crippen LogP contribution in [0.1, 0.15) is 16.8 Å². The van der Waals surface area contributed by atoms with E-state index in [0.717, 1.165) is 22.3 Å². The van der Waals surface area contributed by atoms with Gasteiger partial charge in [0.25, 0.3) is 5.91 Å². The average molecular weight is 378 g/mol. The molecule has 0 saturated carbocycles. The molecule has 2 heterocycles. The minimum atomic E-state index is -0.166. The molecular formula is C21H22N4O3. The third kappa shape index (κ3) is 4.44. The van der Waals surface area contributed by atoms with Gasteiger partial charge in [-0.3, -0.25) is 4.79 Å². The molecule has 0 unspecified atom stereocenters. The summed E-state index contributed by atoms with van der Waals surface area (Å²) in [6.07, 6.45) is 3.92. The van der Waals surface area contributed by atoms with Crippen LogP contribution < -0.4 is 15.8 Å². The number of hydrogen-bond donors (Lipinski definition) is 3. The highest BCUT2D eigenvalue weighted by Crippen LogP contribution is 2.30. The first-order chi connectivity index (χ1) is 13.6. The molecule has 1 amide bonds. The van der Waals surface area contributed by atoms with Gasteiger partial charge in [0, 0.05) is 53.9 Å². The van der Waals surface area contributed by atoms with Crippen molar-refractivity contribution in [1.82, 2.24) is 15.3 Å². The molecular weight excluding hydrogens is 356 g/mol. The fourth-order valence-corrected chi connectivity index (χ4v) is 2.72. The van der Waals surface area contributed by atoms with E-state index in [0.29, 0.717) is 30.2 Å². The molecule has 7 heteroatoms. The number of aliphatic hydroxyl groups is 1. The van der Waals surface area contributed by atoms with Crippen LogP contribution in [0.15, 0.2) is 54.9 Å². The molecule has 0 atom stereocenters. The van der Waals surface area contributed by atoms with Crippen LogP contribution in [0.4, 0.5) is 5.82 Å². The monoisotopic (exact) mass is 378 g/mol. The first kappa shape index (κ1) is 19.3. The number of aromatic nitrogens is 2. The van der Waals surface area contributed by atoms with E-state index in [2.05, 4.69) is 15.3 Å². The summed E-state index contributed by atoms with van der Waals surface area (Å²) in [6.45, 7) is 0.494. The number of nitrogen functional groups attached to an aromatic ring is 1. The van der Waals surface area contributed by atoms with E-state index < -0.39 is 0 Å². The Morgan fingerprint density at radius 2 is 1.79 bits per heavy atom. The Kier molecular flexibility index (Phi) is 6.18. The van der Waals surface area contributed by atoms with Crippen molar-refractivity contribution in [1.29, 1.82) is 0 Å². The van der Waals surface area contributed by atoms with Crippen LogP contribution >= 0.6 is 0 Å². The highest BCUT2D eigenvalue weighted by atomic mass is 16.5. The molecule has 144 valence electrons. The smallest absolute Gasteiger partial charge is 0.251 e. The molecule has 28 heavy (non-hydrogen) atoms. The van der Waals surface area contributed by atoms with Crippen LogP contribution in [0.25, 0.3) is 22.3 Å². The Labute approximate surface area is 163 Å². The topological polar surface area (TPSA) is 110 Å². The lowest BCUT2D eigenvalue weighted by Crippen LogP contribution is -2.24. The number of nitrogens with one attached hydrogen (secondary N) is 1. The zero-order valence-electron chi connectivity index (χ0n) is 15.6. The molecule has 0 aliphatic heterocycles. The summed E-state index contributed by atoms with van der Waals surface area (Å²) in [6, 6.07) is 12.8. The second-order valence-electron chi connectivity index (χ2n) is 6.16. The number of carbonyl (C=O) groups is 1. The maximum absolute atomic E-state index is 12.1. The minimum Gasteiger partial charge on any atom is -0.481 e. The first-order valence-electron chi connectivity index (χ1n) is 8.88. The summed E-state index contributed by atoms with van der Waals surface area (Å²) in [4.78, 5) is 20.6. The largest absolute Gasteiger partial charge is 0.481 e. The molecule has 4 N–H and O–H groups in total. The summed E-state index contributed by atoms with van der Waals surface area (Å²) >= 11 is 0. The molecule has 0 radical (unpaired) electrons. The van der Waals surface area contributed by atoms with E-state index in [-0.39, 0.29) is 12.5 Å². The third-order valence-corrected chi connectivity index (χ3v) is 4.28. The summed E-state index contributed by atoms with van der Waals surface area (Å²) in [5.74, 6) is 0.773. The fourth-order valence-electron chi connectivity index (χ4n) is 2.72. The number of pyridine rings is 2. The number of ether oxygens (including phenoxy) is 1. The molecule has 0 aliphatic rings. The van der Waals surface area contributed by atoms with Crippen molar-refractivity contribution in [2.24, 2.45) is 0 Å². The predicted octanol–water partition coefficient (Wildman–Crippen LogP) is 2.51. The van der Waals surface area contributed by atoms with Crippen molar-refractivity contribution in [3.8, 4) is 28.1 Å². The average Bonchev–Trinajstić information content (AvgIpc) is 2.74. The van der Waals surface area contributed by atoms with Crippen LogP contribution in [-0.2, 0) is 0 Å². The number of anilines is 1. The minimum absolute atomic E-state index is 0.0510. The zero-order chi connectivity index (χ0) is 19.9. The van der Waals surface area contributed by atoms with Gasteiger partial charge in [0.2, 0.25) is 5.88 Å². The van der Waals surface area contributed by atoms with Gasteiger partial charge in [-0.15, -0.1) is 0 Å². The van der Waals surface area contributed by atoms with Gasteiger partial charge in [-0.1, -0.05) is 12.1 Å². The molecule has 3 rings (SSSR count). The lowest BCUT2D eigenvalue weighted by molar-refractivity contribution is 0.0951. The van der Waals surface area contributed by atoms with Crippen molar-refractivity contribution in [3.05, 3.63) is 60.4 Å². The van der Waals surface area contributed by atoms with Gasteiger partial charge in [-0.25, -0.2) is 9.97 Å². The van der Waals surface area contributed by atoms with Crippen molar-refractivity contribution in [3.63, 3.8) is 0 Å². The number of aliphatic hydroxyl groups excluding tert-OH is 1. The summed E-state index contributed by atoms with van der Waals surface area (Å²) in [7, 11) is 1.56. The quantitative estimate of drug-likeness (QED) is 0.545. The summed E-state index contributed by atoms with van der Waals surface area (Å²) in [5, 5.41) is 11.5. The Morgan fingerprint density at radius 1 is 1.07 bits per heavy atom. The molecule has 0 aliphatic carbocycles. The van der Waals surface area contributed by atoms with E-state index in [9.17, 15) is 4.79 Å². The molecule has 0 fully saturated rings. The van der Waals surface area contributed by atoms with Gasteiger partial charge in [-0.2, -0.15) is 0 Å². The standard InChI is InChI=1S/C21H22N4O3/c1-28-19-8-7-16(12-24-19)18-11-17(13-25-20(18)22)14-3-5-15(6-4-14)21(27)23-9-2-10-26/h3-8,11-13,26H,2,9-10H2,1H3,(H2,22,25)(H,23,27). The Balaban J connectivity index is 1.82.